The summed E-state index contributed by atoms with van der Waals surface area (Å²) in [4.78, 5) is 0. The van der Waals surface area contributed by atoms with Crippen LogP contribution in [0.25, 0.3) is 0 Å². The molecule has 4 nitrogen and oxygen atoms in total. The molecule has 1 aliphatic rings. The van der Waals surface area contributed by atoms with Crippen LogP contribution >= 0.6 is 0 Å². The first-order chi connectivity index (χ1) is 9.09. The number of hydrogen-bond acceptors (Lipinski definition) is 3. The monoisotopic (exact) mass is 319 g/mol. The predicted molar refractivity (Wildman–Crippen MR) is 71.9 cm³/mol. The van der Waals surface area contributed by atoms with E-state index in [1.54, 1.807) is 0 Å². The normalized spacial score (nSPS) is 21.8. The van der Waals surface area contributed by atoms with Crippen LogP contribution in [-0.2, 0) is 10.1 Å². The fourth-order valence-electron chi connectivity index (χ4n) is 2.09. The zero-order chi connectivity index (χ0) is 15.8. The number of nitrogens with one attached hydrogen (secondary N) is 1. The van der Waals surface area contributed by atoms with Gasteiger partial charge in [0.2, 0.25) is 0 Å². The maximum Gasteiger partial charge on any atom is 0.522 e. The van der Waals surface area contributed by atoms with E-state index in [4.69, 9.17) is 13.0 Å². The minimum Gasteiger partial charge on any atom is -0.314 e. The summed E-state index contributed by atoms with van der Waals surface area (Å²) in [6, 6.07) is 0.824. The van der Waals surface area contributed by atoms with Crippen LogP contribution in [0.15, 0.2) is 0 Å². The molecule has 2 N–H and O–H groups in total. The predicted octanol–water partition coefficient (Wildman–Crippen LogP) is 3.35. The quantitative estimate of drug-likeness (QED) is 0.616. The Morgan fingerprint density at radius 2 is 1.90 bits per heavy atom. The lowest BCUT2D eigenvalue weighted by molar-refractivity contribution is -0.0510. The number of hydrogen-bond donors (Lipinski definition) is 2. The minimum absolute atomic E-state index is 0.824. The Hall–Kier alpha value is -0.340. The first-order valence-electron chi connectivity index (χ1n) is 6.86. The summed E-state index contributed by atoms with van der Waals surface area (Å²) in [6.45, 7) is 5.93. The molecule has 1 saturated heterocycles. The molecule has 0 aliphatic carbocycles. The first-order valence-corrected chi connectivity index (χ1v) is 8.30. The second kappa shape index (κ2) is 8.84. The van der Waals surface area contributed by atoms with Gasteiger partial charge >= 0.3 is 15.6 Å². The van der Waals surface area contributed by atoms with Gasteiger partial charge in [-0.3, -0.25) is 4.55 Å². The molecular weight excluding hydrogens is 295 g/mol. The zero-order valence-electron chi connectivity index (χ0n) is 11.9. The maximum absolute atomic E-state index is 10.7. The maximum atomic E-state index is 10.7. The van der Waals surface area contributed by atoms with E-state index < -0.39 is 15.6 Å². The van der Waals surface area contributed by atoms with Gasteiger partial charge in [-0.2, -0.15) is 21.6 Å². The van der Waals surface area contributed by atoms with E-state index in [1.807, 2.05) is 0 Å². The van der Waals surface area contributed by atoms with Crippen molar-refractivity contribution in [1.82, 2.24) is 5.32 Å². The molecule has 0 amide bonds. The Balaban J connectivity index is 0.000000396. The Kier molecular flexibility index (Phi) is 8.69. The molecule has 0 aromatic heterocycles. The summed E-state index contributed by atoms with van der Waals surface area (Å²) in [5.41, 5.74) is -5.53. The van der Waals surface area contributed by atoms with Crippen molar-refractivity contribution in [1.29, 1.82) is 0 Å². The van der Waals surface area contributed by atoms with Crippen molar-refractivity contribution >= 4 is 10.1 Å². The van der Waals surface area contributed by atoms with Crippen molar-refractivity contribution in [3.63, 3.8) is 0 Å². The van der Waals surface area contributed by atoms with E-state index in [1.165, 1.54) is 45.1 Å². The number of rotatable bonds is 4. The second-order valence-electron chi connectivity index (χ2n) is 5.10. The summed E-state index contributed by atoms with van der Waals surface area (Å²) in [5.74, 6) is 0.894. The van der Waals surface area contributed by atoms with E-state index in [2.05, 4.69) is 19.2 Å². The van der Waals surface area contributed by atoms with Crippen LogP contribution < -0.4 is 5.32 Å². The zero-order valence-corrected chi connectivity index (χ0v) is 12.7. The van der Waals surface area contributed by atoms with Crippen LogP contribution in [0.3, 0.4) is 0 Å². The van der Waals surface area contributed by atoms with Crippen molar-refractivity contribution in [2.75, 3.05) is 6.54 Å². The third-order valence-electron chi connectivity index (χ3n) is 3.34. The highest BCUT2D eigenvalue weighted by atomic mass is 32.2. The van der Waals surface area contributed by atoms with Gasteiger partial charge in [0, 0.05) is 6.04 Å². The number of alkyl halides is 3. The lowest BCUT2D eigenvalue weighted by Gasteiger charge is -2.29. The summed E-state index contributed by atoms with van der Waals surface area (Å²) < 4.78 is 57.5. The van der Waals surface area contributed by atoms with E-state index >= 15 is 0 Å². The van der Waals surface area contributed by atoms with E-state index in [9.17, 15) is 13.2 Å². The Bertz CT molecular complexity index is 351. The molecule has 0 saturated carbocycles. The van der Waals surface area contributed by atoms with E-state index in [0.717, 1.165) is 12.0 Å². The average molecular weight is 319 g/mol. The molecular formula is C12H24F3NO3S. The number of piperidine rings is 1. The van der Waals surface area contributed by atoms with Gasteiger partial charge in [-0.05, 0) is 31.7 Å². The summed E-state index contributed by atoms with van der Waals surface area (Å²) in [5, 5.41) is 3.63. The van der Waals surface area contributed by atoms with Crippen LogP contribution in [0.1, 0.15) is 52.4 Å². The first kappa shape index (κ1) is 19.7. The molecule has 8 heteroatoms. The van der Waals surface area contributed by atoms with Gasteiger partial charge in [-0.15, -0.1) is 0 Å². The van der Waals surface area contributed by atoms with Crippen LogP contribution in [0.4, 0.5) is 13.2 Å². The molecule has 0 radical (unpaired) electrons. The van der Waals surface area contributed by atoms with E-state index in [-0.39, 0.29) is 0 Å². The third-order valence-corrected chi connectivity index (χ3v) is 3.93. The number of halogens is 3. The molecule has 0 aromatic carbocycles. The van der Waals surface area contributed by atoms with Gasteiger partial charge in [0.05, 0.1) is 0 Å². The van der Waals surface area contributed by atoms with Crippen molar-refractivity contribution < 1.29 is 26.1 Å². The van der Waals surface area contributed by atoms with Crippen molar-refractivity contribution in [3.05, 3.63) is 0 Å². The average Bonchev–Trinajstić information content (AvgIpc) is 2.35. The Labute approximate surface area is 118 Å². The molecule has 1 heterocycles. The molecule has 2 unspecified atom stereocenters. The molecule has 1 rings (SSSR count). The SMILES string of the molecule is CCCCC(C)C1CCCCN1.O=S(=O)(O)C(F)(F)F. The minimum atomic E-state index is -5.84. The molecule has 122 valence electrons. The highest BCUT2D eigenvalue weighted by Gasteiger charge is 2.44. The Morgan fingerprint density at radius 3 is 2.25 bits per heavy atom. The lowest BCUT2D eigenvalue weighted by atomic mass is 9.90. The fourth-order valence-corrected chi connectivity index (χ4v) is 2.09. The van der Waals surface area contributed by atoms with Crippen LogP contribution in [-0.4, -0.2) is 31.1 Å². The summed E-state index contributed by atoms with van der Waals surface area (Å²) >= 11 is 0. The number of unbranched alkanes of at least 4 members (excludes halogenated alkanes) is 1. The molecule has 20 heavy (non-hydrogen) atoms. The van der Waals surface area contributed by atoms with Crippen molar-refractivity contribution in [2.24, 2.45) is 5.92 Å². The lowest BCUT2D eigenvalue weighted by Crippen LogP contribution is -2.38. The van der Waals surface area contributed by atoms with Crippen molar-refractivity contribution in [2.45, 2.75) is 63.9 Å². The topological polar surface area (TPSA) is 66.4 Å². The van der Waals surface area contributed by atoms with Gasteiger partial charge in [-0.25, -0.2) is 0 Å². The highest BCUT2D eigenvalue weighted by molar-refractivity contribution is 7.86. The smallest absolute Gasteiger partial charge is 0.314 e. The van der Waals surface area contributed by atoms with E-state index in [0.29, 0.717) is 0 Å². The largest absolute Gasteiger partial charge is 0.522 e. The van der Waals surface area contributed by atoms with Crippen LogP contribution in [0.2, 0.25) is 0 Å². The fraction of sp³-hybridized carbons (Fsp3) is 1.00. The highest BCUT2D eigenvalue weighted by Crippen LogP contribution is 2.20. The summed E-state index contributed by atoms with van der Waals surface area (Å²) in [6.07, 6.45) is 8.39. The molecule has 0 spiro atoms. The van der Waals surface area contributed by atoms with Gasteiger partial charge in [-0.1, -0.05) is 33.1 Å². The Morgan fingerprint density at radius 1 is 1.35 bits per heavy atom. The van der Waals surface area contributed by atoms with Crippen molar-refractivity contribution in [3.8, 4) is 0 Å². The molecule has 1 aliphatic heterocycles. The van der Waals surface area contributed by atoms with Gasteiger partial charge in [0.15, 0.2) is 0 Å². The van der Waals surface area contributed by atoms with Crippen LogP contribution in [0.5, 0.6) is 0 Å². The van der Waals surface area contributed by atoms with Gasteiger partial charge < -0.3 is 5.32 Å². The third kappa shape index (κ3) is 8.06. The molecule has 1 fully saturated rings. The standard InChI is InChI=1S/C11H23N.CHF3O3S/c1-3-4-7-10(2)11-8-5-6-9-12-11;2-1(3,4)8(5,6)7/h10-12H,3-9H2,1-2H3;(H,5,6,7). The molecule has 0 bridgehead atoms. The van der Waals surface area contributed by atoms with Gasteiger partial charge in [0.25, 0.3) is 0 Å². The second-order valence-corrected chi connectivity index (χ2v) is 6.51. The summed E-state index contributed by atoms with van der Waals surface area (Å²) in [7, 11) is -5.84. The van der Waals surface area contributed by atoms with Crippen LogP contribution in [0, 0.1) is 5.92 Å². The molecule has 2 atom stereocenters. The van der Waals surface area contributed by atoms with Gasteiger partial charge in [0.1, 0.15) is 0 Å². The molecule has 0 aromatic rings.